The van der Waals surface area contributed by atoms with Crippen LogP contribution >= 0.6 is 0 Å². The molecule has 1 radical (unpaired) electrons. The van der Waals surface area contributed by atoms with Crippen molar-refractivity contribution in [1.29, 1.82) is 0 Å². The molecule has 4 nitrogen and oxygen atoms in total. The van der Waals surface area contributed by atoms with Crippen molar-refractivity contribution in [3.05, 3.63) is 54.2 Å². The number of aromatic nitrogens is 1. The molecule has 5 heteroatoms. The summed E-state index contributed by atoms with van der Waals surface area (Å²) in [5.74, 6) is 0.317. The van der Waals surface area contributed by atoms with Gasteiger partial charge in [0.25, 0.3) is 10.0 Å². The van der Waals surface area contributed by atoms with Crippen molar-refractivity contribution in [2.24, 2.45) is 0 Å². The molecule has 0 amide bonds. The second-order valence-corrected chi connectivity index (χ2v) is 5.19. The standard InChI is InChI=1S/C12H11N2O2S/c1-10-6-5-9-12(13-10)14-17(15,16)11-7-3-2-4-8-11/h3-9H,1H3,(H,13,14). The first kappa shape index (κ1) is 11.6. The number of aryl methyl sites for hydroxylation is 1. The molecule has 1 aromatic heterocycles. The van der Waals surface area contributed by atoms with Crippen LogP contribution in [-0.2, 0) is 10.0 Å². The lowest BCUT2D eigenvalue weighted by molar-refractivity contribution is 0.601. The summed E-state index contributed by atoms with van der Waals surface area (Å²) in [5, 5.41) is 0. The Morgan fingerprint density at radius 3 is 2.53 bits per heavy atom. The molecule has 0 aliphatic rings. The van der Waals surface area contributed by atoms with E-state index in [9.17, 15) is 8.42 Å². The Balaban J connectivity index is 2.30. The molecule has 0 saturated heterocycles. The Morgan fingerprint density at radius 2 is 1.88 bits per heavy atom. The summed E-state index contributed by atoms with van der Waals surface area (Å²) in [6.07, 6.45) is 0. The topological polar surface area (TPSA) is 59.1 Å². The van der Waals surface area contributed by atoms with E-state index in [1.165, 1.54) is 12.1 Å². The van der Waals surface area contributed by atoms with E-state index in [2.05, 4.69) is 15.8 Å². The van der Waals surface area contributed by atoms with Crippen molar-refractivity contribution >= 4 is 15.8 Å². The largest absolute Gasteiger partial charge is 0.263 e. The van der Waals surface area contributed by atoms with E-state index in [0.29, 0.717) is 5.82 Å². The third-order valence-corrected chi connectivity index (χ3v) is 3.50. The maximum Gasteiger partial charge on any atom is 0.263 e. The third-order valence-electron chi connectivity index (χ3n) is 2.13. The van der Waals surface area contributed by atoms with Gasteiger partial charge < -0.3 is 0 Å². The highest BCUT2D eigenvalue weighted by Gasteiger charge is 2.13. The monoisotopic (exact) mass is 247 g/mol. The second kappa shape index (κ2) is 4.55. The lowest BCUT2D eigenvalue weighted by Crippen LogP contribution is -2.13. The van der Waals surface area contributed by atoms with Crippen LogP contribution in [0.4, 0.5) is 5.82 Å². The number of sulfonamides is 1. The van der Waals surface area contributed by atoms with Crippen LogP contribution < -0.4 is 4.72 Å². The molecule has 0 atom stereocenters. The predicted molar refractivity (Wildman–Crippen MR) is 65.1 cm³/mol. The zero-order chi connectivity index (χ0) is 12.3. The number of nitrogens with one attached hydrogen (secondary N) is 1. The van der Waals surface area contributed by atoms with Crippen LogP contribution in [0.2, 0.25) is 0 Å². The SMILES string of the molecule is Cc1cccc(NS(=O)(=O)c2cc[c]cc2)n1. The Labute approximate surface area is 100 Å². The van der Waals surface area contributed by atoms with Crippen molar-refractivity contribution in [2.75, 3.05) is 4.72 Å². The van der Waals surface area contributed by atoms with Gasteiger partial charge in [0.2, 0.25) is 0 Å². The fraction of sp³-hybridized carbons (Fsp3) is 0.0833. The molecule has 87 valence electrons. The normalized spacial score (nSPS) is 11.1. The van der Waals surface area contributed by atoms with Crippen molar-refractivity contribution in [2.45, 2.75) is 11.8 Å². The molecular weight excluding hydrogens is 236 g/mol. The summed E-state index contributed by atoms with van der Waals surface area (Å²) < 4.78 is 26.3. The molecule has 1 aromatic carbocycles. The Bertz CT molecular complexity index is 609. The number of nitrogens with zero attached hydrogens (tertiary/aromatic N) is 1. The molecule has 0 fully saturated rings. The van der Waals surface area contributed by atoms with Crippen LogP contribution in [0.25, 0.3) is 0 Å². The number of pyridine rings is 1. The van der Waals surface area contributed by atoms with Crippen LogP contribution in [0.5, 0.6) is 0 Å². The Hall–Kier alpha value is -1.88. The van der Waals surface area contributed by atoms with E-state index in [4.69, 9.17) is 0 Å². The first-order chi connectivity index (χ1) is 8.08. The van der Waals surface area contributed by atoms with Gasteiger partial charge in [0.05, 0.1) is 4.90 Å². The highest BCUT2D eigenvalue weighted by atomic mass is 32.2. The van der Waals surface area contributed by atoms with Crippen LogP contribution in [0.3, 0.4) is 0 Å². The van der Waals surface area contributed by atoms with E-state index in [-0.39, 0.29) is 4.90 Å². The first-order valence-electron chi connectivity index (χ1n) is 5.00. The van der Waals surface area contributed by atoms with Crippen molar-refractivity contribution < 1.29 is 8.42 Å². The van der Waals surface area contributed by atoms with E-state index in [1.54, 1.807) is 37.3 Å². The molecule has 0 bridgehead atoms. The Morgan fingerprint density at radius 1 is 1.18 bits per heavy atom. The molecule has 17 heavy (non-hydrogen) atoms. The lowest BCUT2D eigenvalue weighted by atomic mass is 10.4. The zero-order valence-corrected chi connectivity index (χ0v) is 10.0. The van der Waals surface area contributed by atoms with E-state index in [1.807, 2.05) is 0 Å². The van der Waals surface area contributed by atoms with Gasteiger partial charge in [0.15, 0.2) is 0 Å². The van der Waals surface area contributed by atoms with Gasteiger partial charge in [-0.25, -0.2) is 13.4 Å². The quantitative estimate of drug-likeness (QED) is 0.902. The molecule has 0 aliphatic carbocycles. The van der Waals surface area contributed by atoms with Crippen molar-refractivity contribution in [3.8, 4) is 0 Å². The highest BCUT2D eigenvalue weighted by Crippen LogP contribution is 2.13. The molecule has 2 aromatic rings. The predicted octanol–water partition coefficient (Wildman–Crippen LogP) is 1.99. The van der Waals surface area contributed by atoms with E-state index < -0.39 is 10.0 Å². The van der Waals surface area contributed by atoms with Gasteiger partial charge >= 0.3 is 0 Å². The average molecular weight is 247 g/mol. The molecule has 1 N–H and O–H groups in total. The number of benzene rings is 1. The molecule has 0 spiro atoms. The minimum absolute atomic E-state index is 0.194. The maximum atomic E-state index is 11.9. The van der Waals surface area contributed by atoms with Crippen molar-refractivity contribution in [1.82, 2.24) is 4.98 Å². The molecule has 2 rings (SSSR count). The summed E-state index contributed by atoms with van der Waals surface area (Å²) in [5.41, 5.74) is 0.756. The minimum Gasteiger partial charge on any atom is -0.263 e. The average Bonchev–Trinajstić information content (AvgIpc) is 2.29. The number of rotatable bonds is 3. The van der Waals surface area contributed by atoms with E-state index >= 15 is 0 Å². The number of hydrogen-bond donors (Lipinski definition) is 1. The summed E-state index contributed by atoms with van der Waals surface area (Å²) in [7, 11) is -3.56. The molecular formula is C12H11N2O2S. The molecule has 1 heterocycles. The summed E-state index contributed by atoms with van der Waals surface area (Å²) >= 11 is 0. The van der Waals surface area contributed by atoms with Crippen LogP contribution in [-0.4, -0.2) is 13.4 Å². The molecule has 0 aliphatic heterocycles. The minimum atomic E-state index is -3.56. The van der Waals surface area contributed by atoms with Gasteiger partial charge in [0.1, 0.15) is 5.82 Å². The van der Waals surface area contributed by atoms with Gasteiger partial charge in [0, 0.05) is 5.69 Å². The summed E-state index contributed by atoms with van der Waals surface area (Å²) in [6.45, 7) is 1.80. The van der Waals surface area contributed by atoms with Gasteiger partial charge in [-0.3, -0.25) is 4.72 Å². The smallest absolute Gasteiger partial charge is 0.263 e. The van der Waals surface area contributed by atoms with Gasteiger partial charge in [-0.15, -0.1) is 0 Å². The lowest BCUT2D eigenvalue weighted by Gasteiger charge is -2.07. The van der Waals surface area contributed by atoms with E-state index in [0.717, 1.165) is 5.69 Å². The molecule has 0 unspecified atom stereocenters. The number of hydrogen-bond acceptors (Lipinski definition) is 3. The van der Waals surface area contributed by atoms with Crippen LogP contribution in [0.1, 0.15) is 5.69 Å². The molecule has 0 saturated carbocycles. The Kier molecular flexibility index (Phi) is 3.10. The second-order valence-electron chi connectivity index (χ2n) is 3.51. The first-order valence-corrected chi connectivity index (χ1v) is 6.49. The van der Waals surface area contributed by atoms with Crippen molar-refractivity contribution in [3.63, 3.8) is 0 Å². The fourth-order valence-electron chi connectivity index (χ4n) is 1.35. The van der Waals surface area contributed by atoms with Gasteiger partial charge in [-0.05, 0) is 37.3 Å². The maximum absolute atomic E-state index is 11.9. The number of anilines is 1. The summed E-state index contributed by atoms with van der Waals surface area (Å²) in [4.78, 5) is 4.28. The summed E-state index contributed by atoms with van der Waals surface area (Å²) in [6, 6.07) is 14.0. The van der Waals surface area contributed by atoms with Crippen LogP contribution in [0.15, 0.2) is 47.4 Å². The zero-order valence-electron chi connectivity index (χ0n) is 9.21. The van der Waals surface area contributed by atoms with Crippen LogP contribution in [0, 0.1) is 13.0 Å². The van der Waals surface area contributed by atoms with Gasteiger partial charge in [-0.1, -0.05) is 18.2 Å². The third kappa shape index (κ3) is 2.82. The van der Waals surface area contributed by atoms with Gasteiger partial charge in [-0.2, -0.15) is 0 Å². The highest BCUT2D eigenvalue weighted by molar-refractivity contribution is 7.92. The fourth-order valence-corrected chi connectivity index (χ4v) is 2.35.